The Hall–Kier alpha value is -2.70. The van der Waals surface area contributed by atoms with Crippen LogP contribution in [0.15, 0.2) is 34.5 Å². The van der Waals surface area contributed by atoms with Crippen LogP contribution < -0.4 is 10.2 Å². The molecule has 2 aromatic rings. The Bertz CT molecular complexity index is 891. The SMILES string of the molecule is CCc1nc(-c2cccnc2N2CCCC(C(=O)NCCC3=CCCCC3)C2)no1. The number of amides is 1. The maximum atomic E-state index is 12.8. The summed E-state index contributed by atoms with van der Waals surface area (Å²) in [5, 5.41) is 7.28. The predicted octanol–water partition coefficient (Wildman–Crippen LogP) is 3.92. The van der Waals surface area contributed by atoms with Crippen LogP contribution in [0.5, 0.6) is 0 Å². The molecule has 160 valence electrons. The molecule has 1 aliphatic carbocycles. The molecule has 0 spiro atoms. The summed E-state index contributed by atoms with van der Waals surface area (Å²) < 4.78 is 5.29. The van der Waals surface area contributed by atoms with Crippen LogP contribution in [0, 0.1) is 5.92 Å². The number of anilines is 1. The number of aromatic nitrogens is 3. The second-order valence-electron chi connectivity index (χ2n) is 8.17. The molecule has 2 aromatic heterocycles. The summed E-state index contributed by atoms with van der Waals surface area (Å²) in [6.07, 6.45) is 12.6. The highest BCUT2D eigenvalue weighted by Crippen LogP contribution is 2.30. The molecular formula is C23H31N5O2. The molecule has 3 heterocycles. The molecule has 1 atom stereocenters. The number of hydrogen-bond acceptors (Lipinski definition) is 6. The van der Waals surface area contributed by atoms with E-state index >= 15 is 0 Å². The van der Waals surface area contributed by atoms with Crippen molar-refractivity contribution in [3.8, 4) is 11.4 Å². The van der Waals surface area contributed by atoms with Crippen molar-refractivity contribution >= 4 is 11.7 Å². The number of pyridine rings is 1. The van der Waals surface area contributed by atoms with Crippen molar-refractivity contribution in [3.63, 3.8) is 0 Å². The van der Waals surface area contributed by atoms with E-state index in [-0.39, 0.29) is 11.8 Å². The summed E-state index contributed by atoms with van der Waals surface area (Å²) in [5.74, 6) is 2.13. The third-order valence-corrected chi connectivity index (χ3v) is 6.02. The average Bonchev–Trinajstić information content (AvgIpc) is 3.29. The van der Waals surface area contributed by atoms with Gasteiger partial charge in [-0.25, -0.2) is 4.98 Å². The summed E-state index contributed by atoms with van der Waals surface area (Å²) >= 11 is 0. The number of carbonyl (C=O) groups excluding carboxylic acids is 1. The van der Waals surface area contributed by atoms with Crippen molar-refractivity contribution in [1.82, 2.24) is 20.4 Å². The van der Waals surface area contributed by atoms with Crippen LogP contribution >= 0.6 is 0 Å². The Balaban J connectivity index is 1.39. The van der Waals surface area contributed by atoms with Gasteiger partial charge in [0.2, 0.25) is 17.6 Å². The van der Waals surface area contributed by atoms with E-state index in [1.54, 1.807) is 6.20 Å². The molecule has 7 nitrogen and oxygen atoms in total. The van der Waals surface area contributed by atoms with Gasteiger partial charge < -0.3 is 14.7 Å². The second kappa shape index (κ2) is 9.87. The number of hydrogen-bond donors (Lipinski definition) is 1. The lowest BCUT2D eigenvalue weighted by atomic mass is 9.95. The lowest BCUT2D eigenvalue weighted by Gasteiger charge is -2.33. The molecule has 0 saturated carbocycles. The van der Waals surface area contributed by atoms with Crippen molar-refractivity contribution < 1.29 is 9.32 Å². The number of piperidine rings is 1. The molecule has 1 saturated heterocycles. The van der Waals surface area contributed by atoms with E-state index in [2.05, 4.69) is 31.4 Å². The molecule has 0 bridgehead atoms. The molecule has 2 aliphatic rings. The maximum absolute atomic E-state index is 12.8. The van der Waals surface area contributed by atoms with E-state index in [1.807, 2.05) is 19.1 Å². The van der Waals surface area contributed by atoms with Gasteiger partial charge in [0.25, 0.3) is 0 Å². The predicted molar refractivity (Wildman–Crippen MR) is 116 cm³/mol. The Labute approximate surface area is 178 Å². The molecule has 0 radical (unpaired) electrons. The number of allylic oxidation sites excluding steroid dienone is 1. The van der Waals surface area contributed by atoms with Gasteiger partial charge in [0.05, 0.1) is 11.5 Å². The van der Waals surface area contributed by atoms with Gasteiger partial charge in [-0.2, -0.15) is 4.98 Å². The van der Waals surface area contributed by atoms with Gasteiger partial charge in [-0.15, -0.1) is 0 Å². The Morgan fingerprint density at radius 3 is 3.07 bits per heavy atom. The van der Waals surface area contributed by atoms with Crippen LogP contribution in [0.25, 0.3) is 11.4 Å². The largest absolute Gasteiger partial charge is 0.355 e. The highest BCUT2D eigenvalue weighted by Gasteiger charge is 2.28. The zero-order valence-corrected chi connectivity index (χ0v) is 17.8. The minimum Gasteiger partial charge on any atom is -0.355 e. The standard InChI is InChI=1S/C23H31N5O2/c1-2-20-26-21(27-30-20)19-11-6-13-24-22(19)28-15-7-10-18(16-28)23(29)25-14-12-17-8-4-3-5-9-17/h6,8,11,13,18H,2-5,7,9-10,12,14-16H2,1H3,(H,25,29). The van der Waals surface area contributed by atoms with E-state index in [9.17, 15) is 4.79 Å². The molecule has 1 fully saturated rings. The Morgan fingerprint density at radius 2 is 2.27 bits per heavy atom. The van der Waals surface area contributed by atoms with E-state index in [4.69, 9.17) is 4.52 Å². The lowest BCUT2D eigenvalue weighted by Crippen LogP contribution is -2.43. The van der Waals surface area contributed by atoms with Crippen LogP contribution in [0.2, 0.25) is 0 Å². The van der Waals surface area contributed by atoms with E-state index in [0.717, 1.165) is 43.7 Å². The van der Waals surface area contributed by atoms with Crippen molar-refractivity contribution in [2.24, 2.45) is 5.92 Å². The van der Waals surface area contributed by atoms with Gasteiger partial charge in [-0.1, -0.05) is 23.7 Å². The van der Waals surface area contributed by atoms with Crippen LogP contribution in [0.4, 0.5) is 5.82 Å². The van der Waals surface area contributed by atoms with Crippen LogP contribution in [-0.4, -0.2) is 40.7 Å². The second-order valence-corrected chi connectivity index (χ2v) is 8.17. The van der Waals surface area contributed by atoms with E-state index < -0.39 is 0 Å². The number of nitrogens with one attached hydrogen (secondary N) is 1. The monoisotopic (exact) mass is 409 g/mol. The smallest absolute Gasteiger partial charge is 0.226 e. The number of nitrogens with zero attached hydrogens (tertiary/aromatic N) is 4. The summed E-state index contributed by atoms with van der Waals surface area (Å²) in [5.41, 5.74) is 2.35. The highest BCUT2D eigenvalue weighted by molar-refractivity contribution is 5.80. The van der Waals surface area contributed by atoms with Gasteiger partial charge in [0.15, 0.2) is 0 Å². The molecule has 7 heteroatoms. The van der Waals surface area contributed by atoms with Crippen LogP contribution in [0.3, 0.4) is 0 Å². The Morgan fingerprint density at radius 1 is 1.33 bits per heavy atom. The van der Waals surface area contributed by atoms with Crippen molar-refractivity contribution in [3.05, 3.63) is 35.9 Å². The average molecular weight is 410 g/mol. The van der Waals surface area contributed by atoms with Gasteiger partial charge in [0.1, 0.15) is 5.82 Å². The van der Waals surface area contributed by atoms with Gasteiger partial charge in [-0.3, -0.25) is 4.79 Å². The first-order valence-corrected chi connectivity index (χ1v) is 11.2. The molecule has 1 aliphatic heterocycles. The molecule has 1 amide bonds. The van der Waals surface area contributed by atoms with E-state index in [0.29, 0.717) is 24.7 Å². The summed E-state index contributed by atoms with van der Waals surface area (Å²) in [7, 11) is 0. The van der Waals surface area contributed by atoms with Gasteiger partial charge in [0, 0.05) is 32.3 Å². The Kier molecular flexibility index (Phi) is 6.77. The summed E-state index contributed by atoms with van der Waals surface area (Å²) in [6, 6.07) is 3.85. The molecule has 0 aromatic carbocycles. The first-order chi connectivity index (χ1) is 14.7. The molecule has 4 rings (SSSR count). The first-order valence-electron chi connectivity index (χ1n) is 11.2. The topological polar surface area (TPSA) is 84.2 Å². The first kappa shape index (κ1) is 20.6. The summed E-state index contributed by atoms with van der Waals surface area (Å²) in [4.78, 5) is 24.0. The molecule has 1 unspecified atom stereocenters. The van der Waals surface area contributed by atoms with Crippen LogP contribution in [0.1, 0.15) is 57.8 Å². The fraction of sp³-hybridized carbons (Fsp3) is 0.565. The highest BCUT2D eigenvalue weighted by atomic mass is 16.5. The zero-order chi connectivity index (χ0) is 20.8. The van der Waals surface area contributed by atoms with Crippen LogP contribution in [-0.2, 0) is 11.2 Å². The number of rotatable bonds is 7. The third kappa shape index (κ3) is 4.89. The van der Waals surface area contributed by atoms with Crippen molar-refractivity contribution in [1.29, 1.82) is 0 Å². The fourth-order valence-electron chi connectivity index (χ4n) is 4.34. The van der Waals surface area contributed by atoms with E-state index in [1.165, 1.54) is 31.3 Å². The normalized spacial score (nSPS) is 19.4. The quantitative estimate of drug-likeness (QED) is 0.698. The minimum atomic E-state index is -0.0228. The fourth-order valence-corrected chi connectivity index (χ4v) is 4.34. The van der Waals surface area contributed by atoms with Gasteiger partial charge in [-0.05, 0) is 57.1 Å². The van der Waals surface area contributed by atoms with Crippen molar-refractivity contribution in [2.45, 2.75) is 58.3 Å². The van der Waals surface area contributed by atoms with Gasteiger partial charge >= 0.3 is 0 Å². The summed E-state index contributed by atoms with van der Waals surface area (Å²) in [6.45, 7) is 4.26. The minimum absolute atomic E-state index is 0.0228. The lowest BCUT2D eigenvalue weighted by molar-refractivity contribution is -0.125. The maximum Gasteiger partial charge on any atom is 0.226 e. The molecule has 1 N–H and O–H groups in total. The van der Waals surface area contributed by atoms with Crippen molar-refractivity contribution in [2.75, 3.05) is 24.5 Å². The molecular weight excluding hydrogens is 378 g/mol. The number of aryl methyl sites for hydroxylation is 1. The number of carbonyl (C=O) groups is 1. The molecule has 30 heavy (non-hydrogen) atoms. The third-order valence-electron chi connectivity index (χ3n) is 6.02. The zero-order valence-electron chi connectivity index (χ0n) is 17.8.